The number of rotatable bonds is 5. The molecule has 2 aromatic heterocycles. The second-order valence-corrected chi connectivity index (χ2v) is 6.75. The van der Waals surface area contributed by atoms with Crippen LogP contribution in [0.25, 0.3) is 22.9 Å². The van der Waals surface area contributed by atoms with E-state index in [1.54, 1.807) is 6.33 Å². The largest absolute Gasteiger partial charge is 0.491 e. The first kappa shape index (κ1) is 18.0. The van der Waals surface area contributed by atoms with Crippen LogP contribution in [0.3, 0.4) is 0 Å². The molecule has 1 aliphatic heterocycles. The molecule has 0 bridgehead atoms. The number of anilines is 1. The predicted molar refractivity (Wildman–Crippen MR) is 103 cm³/mol. The number of carbonyl (C=O) groups is 1. The first-order valence-electron chi connectivity index (χ1n) is 9.11. The first-order valence-corrected chi connectivity index (χ1v) is 9.11. The normalized spacial score (nSPS) is 12.7. The van der Waals surface area contributed by atoms with E-state index in [0.717, 1.165) is 34.3 Å². The van der Waals surface area contributed by atoms with Crippen LogP contribution in [-0.4, -0.2) is 50.5 Å². The average Bonchev–Trinajstić information content (AvgIpc) is 3.30. The van der Waals surface area contributed by atoms with E-state index < -0.39 is 0 Å². The van der Waals surface area contributed by atoms with Crippen LogP contribution in [0.15, 0.2) is 30.7 Å². The van der Waals surface area contributed by atoms with Crippen LogP contribution < -0.4 is 10.1 Å². The van der Waals surface area contributed by atoms with Crippen LogP contribution >= 0.6 is 0 Å². The molecule has 0 radical (unpaired) electrons. The number of methoxy groups -OCH3 is 1. The van der Waals surface area contributed by atoms with Crippen molar-refractivity contribution in [3.63, 3.8) is 0 Å². The van der Waals surface area contributed by atoms with Crippen LogP contribution in [-0.2, 0) is 16.1 Å². The number of aromatic nitrogens is 5. The number of benzene rings is 1. The predicted octanol–water partition coefficient (Wildman–Crippen LogP) is 2.37. The van der Waals surface area contributed by atoms with Crippen molar-refractivity contribution in [2.24, 2.45) is 0 Å². The Morgan fingerprint density at radius 2 is 2.21 bits per heavy atom. The lowest BCUT2D eigenvalue weighted by Gasteiger charge is -2.10. The maximum Gasteiger partial charge on any atom is 0.325 e. The van der Waals surface area contributed by atoms with Crippen molar-refractivity contribution in [2.75, 3.05) is 25.6 Å². The summed E-state index contributed by atoms with van der Waals surface area (Å²) in [5.41, 5.74) is 2.45. The van der Waals surface area contributed by atoms with Crippen molar-refractivity contribution < 1.29 is 14.3 Å². The molecule has 146 valence electrons. The van der Waals surface area contributed by atoms with Gasteiger partial charge in [-0.25, -0.2) is 14.6 Å². The standard InChI is InChI=1S/C19H22N6O3/c1-12(2)25-19(21-11-22-25)15-10-24-6-7-28-16-8-13(20-9-17(26)27-3)4-5-14(16)18(24)23-15/h4-5,8,10-12,20H,6-7,9H2,1-3H3. The lowest BCUT2D eigenvalue weighted by atomic mass is 10.1. The van der Waals surface area contributed by atoms with Crippen molar-refractivity contribution in [1.82, 2.24) is 24.3 Å². The number of hydrogen-bond acceptors (Lipinski definition) is 7. The zero-order chi connectivity index (χ0) is 19.7. The molecule has 9 nitrogen and oxygen atoms in total. The van der Waals surface area contributed by atoms with Gasteiger partial charge in [0.15, 0.2) is 5.82 Å². The Balaban J connectivity index is 1.68. The molecule has 1 aromatic carbocycles. The van der Waals surface area contributed by atoms with Gasteiger partial charge in [0.1, 0.15) is 36.7 Å². The van der Waals surface area contributed by atoms with Crippen molar-refractivity contribution in [3.05, 3.63) is 30.7 Å². The minimum atomic E-state index is -0.328. The minimum absolute atomic E-state index is 0.0962. The molecule has 0 aliphatic carbocycles. The monoisotopic (exact) mass is 382 g/mol. The van der Waals surface area contributed by atoms with E-state index >= 15 is 0 Å². The number of fused-ring (bicyclic) bond motifs is 3. The molecule has 28 heavy (non-hydrogen) atoms. The fourth-order valence-corrected chi connectivity index (χ4v) is 3.16. The molecule has 3 heterocycles. The fourth-order valence-electron chi connectivity index (χ4n) is 3.16. The van der Waals surface area contributed by atoms with Gasteiger partial charge in [-0.1, -0.05) is 0 Å². The summed E-state index contributed by atoms with van der Waals surface area (Å²) in [5, 5.41) is 7.33. The number of imidazole rings is 1. The Hall–Kier alpha value is -3.36. The minimum Gasteiger partial charge on any atom is -0.491 e. The molecule has 0 spiro atoms. The number of nitrogens with zero attached hydrogens (tertiary/aromatic N) is 5. The first-order chi connectivity index (χ1) is 13.6. The lowest BCUT2D eigenvalue weighted by Crippen LogP contribution is -2.14. The Labute approximate surface area is 162 Å². The molecule has 1 aliphatic rings. The quantitative estimate of drug-likeness (QED) is 0.677. The van der Waals surface area contributed by atoms with Gasteiger partial charge in [0, 0.05) is 24.0 Å². The third-order valence-corrected chi connectivity index (χ3v) is 4.54. The second-order valence-electron chi connectivity index (χ2n) is 6.75. The fraction of sp³-hybridized carbons (Fsp3) is 0.368. The molecule has 9 heteroatoms. The van der Waals surface area contributed by atoms with Gasteiger partial charge in [-0.15, -0.1) is 0 Å². The zero-order valence-corrected chi connectivity index (χ0v) is 16.0. The van der Waals surface area contributed by atoms with Crippen LogP contribution in [0, 0.1) is 0 Å². The molecule has 0 atom stereocenters. The molecule has 3 aromatic rings. The van der Waals surface area contributed by atoms with E-state index in [1.807, 2.05) is 29.1 Å². The summed E-state index contributed by atoms with van der Waals surface area (Å²) in [6.07, 6.45) is 3.54. The van der Waals surface area contributed by atoms with Crippen LogP contribution in [0.1, 0.15) is 19.9 Å². The van der Waals surface area contributed by atoms with E-state index in [1.165, 1.54) is 7.11 Å². The summed E-state index contributed by atoms with van der Waals surface area (Å²) in [6.45, 7) is 5.42. The summed E-state index contributed by atoms with van der Waals surface area (Å²) < 4.78 is 14.5. The van der Waals surface area contributed by atoms with Gasteiger partial charge in [-0.05, 0) is 26.0 Å². The van der Waals surface area contributed by atoms with Crippen molar-refractivity contribution in [1.29, 1.82) is 0 Å². The molecule has 0 unspecified atom stereocenters. The van der Waals surface area contributed by atoms with E-state index in [4.69, 9.17) is 9.72 Å². The molecule has 0 saturated carbocycles. The van der Waals surface area contributed by atoms with Gasteiger partial charge in [-0.2, -0.15) is 5.10 Å². The lowest BCUT2D eigenvalue weighted by molar-refractivity contribution is -0.138. The summed E-state index contributed by atoms with van der Waals surface area (Å²) in [6, 6.07) is 5.90. The Morgan fingerprint density at radius 1 is 1.36 bits per heavy atom. The summed E-state index contributed by atoms with van der Waals surface area (Å²) >= 11 is 0. The molecule has 0 saturated heterocycles. The van der Waals surface area contributed by atoms with E-state index in [9.17, 15) is 4.79 Å². The molecular weight excluding hydrogens is 360 g/mol. The van der Waals surface area contributed by atoms with Gasteiger partial charge in [0.05, 0.1) is 19.2 Å². The second kappa shape index (κ2) is 7.34. The van der Waals surface area contributed by atoms with Crippen LogP contribution in [0.2, 0.25) is 0 Å². The van der Waals surface area contributed by atoms with Gasteiger partial charge in [-0.3, -0.25) is 4.79 Å². The SMILES string of the molecule is COC(=O)CNc1ccc2c(c1)OCCn1cc(-c3ncnn3C(C)C)nc1-2. The average molecular weight is 382 g/mol. The van der Waals surface area contributed by atoms with Crippen LogP contribution in [0.5, 0.6) is 5.75 Å². The number of esters is 1. The molecule has 0 fully saturated rings. The molecule has 4 rings (SSSR count). The van der Waals surface area contributed by atoms with Crippen molar-refractivity contribution in [3.8, 4) is 28.7 Å². The Kier molecular flexibility index (Phi) is 4.72. The van der Waals surface area contributed by atoms with Crippen molar-refractivity contribution in [2.45, 2.75) is 26.4 Å². The summed E-state index contributed by atoms with van der Waals surface area (Å²) in [7, 11) is 1.36. The highest BCUT2D eigenvalue weighted by Crippen LogP contribution is 2.35. The Morgan fingerprint density at radius 3 is 3.00 bits per heavy atom. The van der Waals surface area contributed by atoms with E-state index in [0.29, 0.717) is 13.2 Å². The highest BCUT2D eigenvalue weighted by Gasteiger charge is 2.22. The van der Waals surface area contributed by atoms with Crippen molar-refractivity contribution >= 4 is 11.7 Å². The topological polar surface area (TPSA) is 96.1 Å². The van der Waals surface area contributed by atoms with E-state index in [-0.39, 0.29) is 18.6 Å². The molecular formula is C19H22N6O3. The van der Waals surface area contributed by atoms with Gasteiger partial charge >= 0.3 is 5.97 Å². The maximum atomic E-state index is 11.3. The number of nitrogens with one attached hydrogen (secondary N) is 1. The smallest absolute Gasteiger partial charge is 0.325 e. The van der Waals surface area contributed by atoms with Gasteiger partial charge < -0.3 is 19.4 Å². The highest BCUT2D eigenvalue weighted by molar-refractivity contribution is 5.76. The number of carbonyl (C=O) groups excluding carboxylic acids is 1. The number of ether oxygens (including phenoxy) is 2. The highest BCUT2D eigenvalue weighted by atomic mass is 16.5. The summed E-state index contributed by atoms with van der Waals surface area (Å²) in [5.74, 6) is 1.95. The van der Waals surface area contributed by atoms with Crippen LogP contribution in [0.4, 0.5) is 5.69 Å². The zero-order valence-electron chi connectivity index (χ0n) is 16.0. The third-order valence-electron chi connectivity index (χ3n) is 4.54. The number of hydrogen-bond donors (Lipinski definition) is 1. The molecule has 1 N–H and O–H groups in total. The molecule has 0 amide bonds. The van der Waals surface area contributed by atoms with E-state index in [2.05, 4.69) is 38.6 Å². The Bertz CT molecular complexity index is 1010. The van der Waals surface area contributed by atoms with Gasteiger partial charge in [0.25, 0.3) is 0 Å². The maximum absolute atomic E-state index is 11.3. The third kappa shape index (κ3) is 3.30. The van der Waals surface area contributed by atoms with Gasteiger partial charge in [0.2, 0.25) is 0 Å². The summed E-state index contributed by atoms with van der Waals surface area (Å²) in [4.78, 5) is 20.5.